The summed E-state index contributed by atoms with van der Waals surface area (Å²) in [6, 6.07) is 0. The van der Waals surface area contributed by atoms with Crippen LogP contribution in [0.3, 0.4) is 0 Å². The third-order valence-corrected chi connectivity index (χ3v) is 5.08. The smallest absolute Gasteiger partial charge is 0.191 e. The molecule has 2 heterocycles. The molecule has 1 saturated heterocycles. The Hall–Kier alpha value is -0.450. The summed E-state index contributed by atoms with van der Waals surface area (Å²) in [5, 5.41) is 17.4. The van der Waals surface area contributed by atoms with Crippen molar-refractivity contribution in [2.24, 2.45) is 4.99 Å². The number of likely N-dealkylation sites (tertiary alicyclic amines) is 1. The van der Waals surface area contributed by atoms with Crippen LogP contribution in [0.5, 0.6) is 0 Å². The van der Waals surface area contributed by atoms with Gasteiger partial charge in [0.2, 0.25) is 0 Å². The maximum absolute atomic E-state index is 9.53. The lowest BCUT2D eigenvalue weighted by Crippen LogP contribution is -2.39. The van der Waals surface area contributed by atoms with Gasteiger partial charge in [-0.1, -0.05) is 0 Å². The maximum atomic E-state index is 9.53. The van der Waals surface area contributed by atoms with Crippen LogP contribution in [0.1, 0.15) is 36.1 Å². The van der Waals surface area contributed by atoms with Crippen LogP contribution < -0.4 is 10.6 Å². The Balaban J connectivity index is 0.00000312. The summed E-state index contributed by atoms with van der Waals surface area (Å²) >= 11 is 1.76. The van der Waals surface area contributed by atoms with Crippen LogP contribution in [-0.2, 0) is 6.42 Å². The zero-order valence-electron chi connectivity index (χ0n) is 15.3. The molecule has 2 rings (SSSR count). The summed E-state index contributed by atoms with van der Waals surface area (Å²) in [5.74, 6) is 0.889. The van der Waals surface area contributed by atoms with E-state index in [0.29, 0.717) is 0 Å². The Kier molecular flexibility index (Phi) is 11.6. The topological polar surface area (TPSA) is 72.8 Å². The third kappa shape index (κ3) is 9.16. The van der Waals surface area contributed by atoms with E-state index in [-0.39, 0.29) is 30.1 Å². The Morgan fingerprint density at radius 3 is 2.80 bits per heavy atom. The van der Waals surface area contributed by atoms with Gasteiger partial charge in [0, 0.05) is 50.2 Å². The van der Waals surface area contributed by atoms with Crippen molar-refractivity contribution < 1.29 is 5.11 Å². The quantitative estimate of drug-likeness (QED) is 0.229. The van der Waals surface area contributed by atoms with E-state index in [9.17, 15) is 5.11 Å². The van der Waals surface area contributed by atoms with E-state index in [1.54, 1.807) is 11.3 Å². The van der Waals surface area contributed by atoms with Crippen LogP contribution in [0.4, 0.5) is 0 Å². The van der Waals surface area contributed by atoms with Crippen molar-refractivity contribution in [1.82, 2.24) is 20.5 Å². The predicted octanol–water partition coefficient (Wildman–Crippen LogP) is 2.01. The summed E-state index contributed by atoms with van der Waals surface area (Å²) in [5.41, 5.74) is 0. The van der Waals surface area contributed by atoms with Crippen molar-refractivity contribution >= 4 is 41.3 Å². The van der Waals surface area contributed by atoms with Gasteiger partial charge in [0.25, 0.3) is 0 Å². The number of guanidine groups is 1. The first kappa shape index (κ1) is 22.6. The average molecular weight is 481 g/mol. The normalized spacial score (nSPS) is 16.5. The number of nitrogens with zero attached hydrogens (tertiary/aromatic N) is 3. The highest BCUT2D eigenvalue weighted by atomic mass is 127. The number of aliphatic imine (C=N–C) groups is 1. The number of hydrogen-bond donors (Lipinski definition) is 3. The fraction of sp³-hybridized carbons (Fsp3) is 0.765. The second kappa shape index (κ2) is 12.8. The number of aliphatic hydroxyl groups excluding tert-OH is 1. The molecular weight excluding hydrogens is 449 g/mol. The second-order valence-electron chi connectivity index (χ2n) is 6.23. The van der Waals surface area contributed by atoms with Gasteiger partial charge in [-0.05, 0) is 39.7 Å². The SMILES string of the molecule is CCNC(=NCCCN1CCC(O)CC1)NCCc1ncc(C)s1.I. The molecule has 0 atom stereocenters. The first-order valence-corrected chi connectivity index (χ1v) is 9.83. The monoisotopic (exact) mass is 481 g/mol. The highest BCUT2D eigenvalue weighted by molar-refractivity contribution is 14.0. The molecule has 3 N–H and O–H groups in total. The molecule has 8 heteroatoms. The molecule has 6 nitrogen and oxygen atoms in total. The first-order valence-electron chi connectivity index (χ1n) is 9.01. The maximum Gasteiger partial charge on any atom is 0.191 e. The molecule has 1 aromatic heterocycles. The molecule has 0 spiro atoms. The van der Waals surface area contributed by atoms with Gasteiger partial charge in [-0.15, -0.1) is 35.3 Å². The Bertz CT molecular complexity index is 503. The highest BCUT2D eigenvalue weighted by Crippen LogP contribution is 2.11. The predicted molar refractivity (Wildman–Crippen MR) is 116 cm³/mol. The minimum Gasteiger partial charge on any atom is -0.393 e. The van der Waals surface area contributed by atoms with Gasteiger partial charge in [-0.3, -0.25) is 4.99 Å². The van der Waals surface area contributed by atoms with Crippen molar-refractivity contribution in [1.29, 1.82) is 0 Å². The number of aromatic nitrogens is 1. The molecule has 0 unspecified atom stereocenters. The Morgan fingerprint density at radius 2 is 2.16 bits per heavy atom. The largest absolute Gasteiger partial charge is 0.393 e. The van der Waals surface area contributed by atoms with Gasteiger partial charge < -0.3 is 20.6 Å². The van der Waals surface area contributed by atoms with Crippen LogP contribution >= 0.6 is 35.3 Å². The summed E-state index contributed by atoms with van der Waals surface area (Å²) in [6.45, 7) is 9.80. The molecule has 0 amide bonds. The summed E-state index contributed by atoms with van der Waals surface area (Å²) in [6.07, 6.45) is 5.63. The Labute approximate surface area is 172 Å². The molecule has 0 radical (unpaired) electrons. The fourth-order valence-corrected chi connectivity index (χ4v) is 3.56. The third-order valence-electron chi connectivity index (χ3n) is 4.10. The van der Waals surface area contributed by atoms with Crippen LogP contribution in [0.25, 0.3) is 0 Å². The molecule has 0 saturated carbocycles. The van der Waals surface area contributed by atoms with Crippen molar-refractivity contribution in [3.63, 3.8) is 0 Å². The fourth-order valence-electron chi connectivity index (χ4n) is 2.77. The minimum absolute atomic E-state index is 0. The molecule has 1 aliphatic rings. The number of nitrogens with one attached hydrogen (secondary N) is 2. The number of thiazole rings is 1. The van der Waals surface area contributed by atoms with Crippen LogP contribution in [0, 0.1) is 6.92 Å². The van der Waals surface area contributed by atoms with Crippen molar-refractivity contribution in [2.45, 2.75) is 45.6 Å². The number of piperidine rings is 1. The number of aryl methyl sites for hydroxylation is 1. The number of halogens is 1. The standard InChI is InChI=1S/C17H31N5OS.HI/c1-3-18-17(20-9-5-16-21-13-14(2)24-16)19-8-4-10-22-11-6-15(23)7-12-22;/h13,15,23H,3-12H2,1-2H3,(H2,18,19,20);1H. The minimum atomic E-state index is -0.0922. The van der Waals surface area contributed by atoms with Gasteiger partial charge in [0.05, 0.1) is 11.1 Å². The first-order chi connectivity index (χ1) is 11.7. The molecule has 25 heavy (non-hydrogen) atoms. The van der Waals surface area contributed by atoms with E-state index in [4.69, 9.17) is 0 Å². The summed E-state index contributed by atoms with van der Waals surface area (Å²) in [4.78, 5) is 12.7. The average Bonchev–Trinajstić information content (AvgIpc) is 2.98. The highest BCUT2D eigenvalue weighted by Gasteiger charge is 2.15. The van der Waals surface area contributed by atoms with E-state index in [1.807, 2.05) is 6.20 Å². The van der Waals surface area contributed by atoms with E-state index < -0.39 is 0 Å². The lowest BCUT2D eigenvalue weighted by atomic mass is 10.1. The summed E-state index contributed by atoms with van der Waals surface area (Å²) < 4.78 is 0. The lowest BCUT2D eigenvalue weighted by molar-refractivity contribution is 0.0824. The molecule has 0 aromatic carbocycles. The molecule has 0 aliphatic carbocycles. The Morgan fingerprint density at radius 1 is 1.40 bits per heavy atom. The van der Waals surface area contributed by atoms with E-state index in [2.05, 4.69) is 39.4 Å². The zero-order chi connectivity index (χ0) is 17.2. The van der Waals surface area contributed by atoms with E-state index in [0.717, 1.165) is 70.9 Å². The van der Waals surface area contributed by atoms with E-state index >= 15 is 0 Å². The van der Waals surface area contributed by atoms with Crippen molar-refractivity contribution in [3.05, 3.63) is 16.1 Å². The van der Waals surface area contributed by atoms with E-state index in [1.165, 1.54) is 9.88 Å². The van der Waals surface area contributed by atoms with Gasteiger partial charge in [-0.2, -0.15) is 0 Å². The molecule has 1 aliphatic heterocycles. The molecule has 1 fully saturated rings. The van der Waals surface area contributed by atoms with Gasteiger partial charge >= 0.3 is 0 Å². The lowest BCUT2D eigenvalue weighted by Gasteiger charge is -2.29. The molecule has 144 valence electrons. The zero-order valence-corrected chi connectivity index (χ0v) is 18.5. The van der Waals surface area contributed by atoms with Gasteiger partial charge in [-0.25, -0.2) is 4.98 Å². The number of rotatable bonds is 8. The molecule has 1 aromatic rings. The number of aliphatic hydroxyl groups is 1. The van der Waals surface area contributed by atoms with Crippen molar-refractivity contribution in [2.75, 3.05) is 39.3 Å². The second-order valence-corrected chi connectivity index (χ2v) is 7.55. The molecule has 0 bridgehead atoms. The van der Waals surface area contributed by atoms with Crippen LogP contribution in [0.2, 0.25) is 0 Å². The van der Waals surface area contributed by atoms with Crippen LogP contribution in [0.15, 0.2) is 11.2 Å². The van der Waals surface area contributed by atoms with Crippen LogP contribution in [-0.4, -0.2) is 66.3 Å². The van der Waals surface area contributed by atoms with Gasteiger partial charge in [0.15, 0.2) is 5.96 Å². The molecular formula is C17H32IN5OS. The van der Waals surface area contributed by atoms with Gasteiger partial charge in [0.1, 0.15) is 0 Å². The summed E-state index contributed by atoms with van der Waals surface area (Å²) in [7, 11) is 0. The van der Waals surface area contributed by atoms with Crippen molar-refractivity contribution in [3.8, 4) is 0 Å². The number of hydrogen-bond acceptors (Lipinski definition) is 5.